The number of nitrogens with zero attached hydrogens (tertiary/aromatic N) is 3. The van der Waals surface area contributed by atoms with E-state index in [-0.39, 0.29) is 12.5 Å². The lowest BCUT2D eigenvalue weighted by Crippen LogP contribution is -2.33. The second-order valence-electron chi connectivity index (χ2n) is 7.51. The molecule has 0 bridgehead atoms. The minimum atomic E-state index is -0.661. The van der Waals surface area contributed by atoms with Crippen LogP contribution in [0.4, 0.5) is 0 Å². The maximum absolute atomic E-state index is 13.0. The van der Waals surface area contributed by atoms with Gasteiger partial charge in [0.05, 0.1) is 12.2 Å². The standard InChI is InChI=1S/C24H23ClN4O3/c25-19-13-11-18(12-14-19)20-15-29(28-27-20)22-9-5-2-6-10-23(30)26-21(16-32-24(22)31)17-7-3-1-4-8-17/h1-5,7-8,11-15,21-22H,6,9-10,16H2,(H,26,30)/b5-2-/t21-,22+/m0/s1. The number of rotatable bonds is 3. The lowest BCUT2D eigenvalue weighted by atomic mass is 10.1. The Morgan fingerprint density at radius 1 is 1.03 bits per heavy atom. The molecular weight excluding hydrogens is 428 g/mol. The van der Waals surface area contributed by atoms with Gasteiger partial charge in [0.1, 0.15) is 12.3 Å². The number of carbonyl (C=O) groups excluding carboxylic acids is 2. The highest BCUT2D eigenvalue weighted by Gasteiger charge is 2.25. The Morgan fingerprint density at radius 2 is 1.81 bits per heavy atom. The molecule has 1 amide bonds. The highest BCUT2D eigenvalue weighted by atomic mass is 35.5. The monoisotopic (exact) mass is 450 g/mol. The molecule has 1 aliphatic heterocycles. The fraction of sp³-hybridized carbons (Fsp3) is 0.250. The van der Waals surface area contributed by atoms with Crippen LogP contribution in [0.25, 0.3) is 11.3 Å². The molecule has 1 N–H and O–H groups in total. The molecule has 2 aromatic carbocycles. The lowest BCUT2D eigenvalue weighted by Gasteiger charge is -2.21. The van der Waals surface area contributed by atoms with Crippen molar-refractivity contribution in [3.8, 4) is 11.3 Å². The second-order valence-corrected chi connectivity index (χ2v) is 7.95. The summed E-state index contributed by atoms with van der Waals surface area (Å²) in [4.78, 5) is 25.3. The molecule has 32 heavy (non-hydrogen) atoms. The molecule has 0 saturated heterocycles. The van der Waals surface area contributed by atoms with Crippen molar-refractivity contribution in [2.75, 3.05) is 6.61 Å². The van der Waals surface area contributed by atoms with Gasteiger partial charge in [-0.05, 0) is 30.5 Å². The van der Waals surface area contributed by atoms with Gasteiger partial charge in [0.15, 0.2) is 6.04 Å². The average Bonchev–Trinajstić information content (AvgIpc) is 3.29. The zero-order valence-electron chi connectivity index (χ0n) is 17.4. The number of ether oxygens (including phenoxy) is 1. The molecule has 3 aromatic rings. The van der Waals surface area contributed by atoms with E-state index in [0.717, 1.165) is 11.1 Å². The molecule has 0 aliphatic carbocycles. The number of esters is 1. The normalized spacial score (nSPS) is 21.0. The fourth-order valence-electron chi connectivity index (χ4n) is 3.49. The van der Waals surface area contributed by atoms with Crippen LogP contribution in [0.15, 0.2) is 72.9 Å². The van der Waals surface area contributed by atoms with E-state index >= 15 is 0 Å². The summed E-state index contributed by atoms with van der Waals surface area (Å²) in [6, 6.07) is 15.7. The van der Waals surface area contributed by atoms with Crippen LogP contribution in [0.1, 0.15) is 36.9 Å². The first kappa shape index (κ1) is 21.8. The number of cyclic esters (lactones) is 1. The van der Waals surface area contributed by atoms with Crippen LogP contribution in [-0.2, 0) is 14.3 Å². The average molecular weight is 451 g/mol. The summed E-state index contributed by atoms with van der Waals surface area (Å²) in [5.41, 5.74) is 2.37. The van der Waals surface area contributed by atoms with Crippen molar-refractivity contribution in [2.24, 2.45) is 0 Å². The Morgan fingerprint density at radius 3 is 2.59 bits per heavy atom. The third kappa shape index (κ3) is 5.42. The van der Waals surface area contributed by atoms with E-state index in [2.05, 4.69) is 15.6 Å². The van der Waals surface area contributed by atoms with Gasteiger partial charge in [-0.1, -0.05) is 71.4 Å². The number of carbonyl (C=O) groups is 2. The zero-order valence-corrected chi connectivity index (χ0v) is 18.1. The molecule has 0 radical (unpaired) electrons. The summed E-state index contributed by atoms with van der Waals surface area (Å²) in [5.74, 6) is -0.515. The van der Waals surface area contributed by atoms with Crippen LogP contribution < -0.4 is 5.32 Å². The molecule has 7 nitrogen and oxygen atoms in total. The van der Waals surface area contributed by atoms with Crippen LogP contribution in [0.2, 0.25) is 5.02 Å². The highest BCUT2D eigenvalue weighted by molar-refractivity contribution is 6.30. The van der Waals surface area contributed by atoms with Crippen molar-refractivity contribution in [3.05, 3.63) is 83.5 Å². The first-order valence-electron chi connectivity index (χ1n) is 10.4. The number of halogens is 1. The van der Waals surface area contributed by atoms with Gasteiger partial charge in [0.25, 0.3) is 0 Å². The number of nitrogens with one attached hydrogen (secondary N) is 1. The second kappa shape index (κ2) is 10.2. The predicted octanol–water partition coefficient (Wildman–Crippen LogP) is 4.28. The number of benzene rings is 2. The summed E-state index contributed by atoms with van der Waals surface area (Å²) >= 11 is 5.96. The van der Waals surface area contributed by atoms with Gasteiger partial charge in [-0.3, -0.25) is 4.79 Å². The van der Waals surface area contributed by atoms with E-state index in [1.165, 1.54) is 4.68 Å². The number of allylic oxidation sites excluding steroid dienone is 2. The minimum absolute atomic E-state index is 0.0353. The summed E-state index contributed by atoms with van der Waals surface area (Å²) in [6.45, 7) is 0.0353. The third-order valence-electron chi connectivity index (χ3n) is 5.24. The van der Waals surface area contributed by atoms with E-state index in [1.807, 2.05) is 54.6 Å². The minimum Gasteiger partial charge on any atom is -0.462 e. The van der Waals surface area contributed by atoms with Crippen molar-refractivity contribution >= 4 is 23.5 Å². The van der Waals surface area contributed by atoms with Gasteiger partial charge >= 0.3 is 5.97 Å². The highest BCUT2D eigenvalue weighted by Crippen LogP contribution is 2.23. The van der Waals surface area contributed by atoms with E-state index in [4.69, 9.17) is 16.3 Å². The predicted molar refractivity (Wildman–Crippen MR) is 121 cm³/mol. The number of hydrogen-bond acceptors (Lipinski definition) is 5. The maximum atomic E-state index is 13.0. The number of amides is 1. The van der Waals surface area contributed by atoms with Crippen molar-refractivity contribution in [1.82, 2.24) is 20.3 Å². The molecule has 4 rings (SSSR count). The van der Waals surface area contributed by atoms with Crippen LogP contribution in [-0.4, -0.2) is 33.5 Å². The Labute approximate surface area is 191 Å². The molecule has 1 aliphatic rings. The van der Waals surface area contributed by atoms with Gasteiger partial charge in [-0.2, -0.15) is 0 Å². The molecule has 0 spiro atoms. The van der Waals surface area contributed by atoms with Crippen LogP contribution in [0, 0.1) is 0 Å². The summed E-state index contributed by atoms with van der Waals surface area (Å²) in [6.07, 6.45) is 6.84. The largest absolute Gasteiger partial charge is 0.462 e. The summed E-state index contributed by atoms with van der Waals surface area (Å²) in [5, 5.41) is 12.0. The van der Waals surface area contributed by atoms with Gasteiger partial charge < -0.3 is 10.1 Å². The van der Waals surface area contributed by atoms with Crippen molar-refractivity contribution < 1.29 is 14.3 Å². The van der Waals surface area contributed by atoms with Crippen LogP contribution in [0.3, 0.4) is 0 Å². The smallest absolute Gasteiger partial charge is 0.331 e. The molecular formula is C24H23ClN4O3. The third-order valence-corrected chi connectivity index (χ3v) is 5.49. The molecule has 164 valence electrons. The zero-order chi connectivity index (χ0) is 22.3. The maximum Gasteiger partial charge on any atom is 0.331 e. The van der Waals surface area contributed by atoms with Crippen LogP contribution >= 0.6 is 11.6 Å². The number of aromatic nitrogens is 3. The fourth-order valence-corrected chi connectivity index (χ4v) is 3.61. The molecule has 0 saturated carbocycles. The van der Waals surface area contributed by atoms with Crippen molar-refractivity contribution in [2.45, 2.75) is 31.3 Å². The van der Waals surface area contributed by atoms with Crippen molar-refractivity contribution in [3.63, 3.8) is 0 Å². The molecule has 8 heteroatoms. The first-order valence-corrected chi connectivity index (χ1v) is 10.8. The van der Waals surface area contributed by atoms with Crippen LogP contribution in [0.5, 0.6) is 0 Å². The first-order chi connectivity index (χ1) is 15.6. The Balaban J connectivity index is 1.56. The lowest BCUT2D eigenvalue weighted by molar-refractivity contribution is -0.149. The van der Waals surface area contributed by atoms with Gasteiger partial charge in [0.2, 0.25) is 5.91 Å². The Hall–Kier alpha value is -3.45. The number of hydrogen-bond donors (Lipinski definition) is 1. The van der Waals surface area contributed by atoms with Gasteiger partial charge in [-0.15, -0.1) is 5.10 Å². The molecule has 0 fully saturated rings. The quantitative estimate of drug-likeness (QED) is 0.475. The van der Waals surface area contributed by atoms with E-state index in [1.54, 1.807) is 18.3 Å². The summed E-state index contributed by atoms with van der Waals surface area (Å²) in [7, 11) is 0. The molecule has 2 atom stereocenters. The van der Waals surface area contributed by atoms with E-state index in [9.17, 15) is 9.59 Å². The van der Waals surface area contributed by atoms with E-state index in [0.29, 0.717) is 30.0 Å². The van der Waals surface area contributed by atoms with Gasteiger partial charge in [-0.25, -0.2) is 9.48 Å². The summed E-state index contributed by atoms with van der Waals surface area (Å²) < 4.78 is 7.16. The SMILES string of the molecule is O=C1CC/C=C\C[C@@H](n2cc(-c3ccc(Cl)cc3)nn2)C(=O)OC[C@@H](c2ccccc2)N1. The molecule has 2 heterocycles. The van der Waals surface area contributed by atoms with Crippen molar-refractivity contribution in [1.29, 1.82) is 0 Å². The topological polar surface area (TPSA) is 86.1 Å². The molecule has 0 unspecified atom stereocenters. The Bertz CT molecular complexity index is 1100. The molecule has 1 aromatic heterocycles. The van der Waals surface area contributed by atoms with E-state index < -0.39 is 18.1 Å². The Kier molecular flexibility index (Phi) is 6.97. The van der Waals surface area contributed by atoms with Gasteiger partial charge in [0, 0.05) is 17.0 Å².